The minimum absolute atomic E-state index is 0.195. The summed E-state index contributed by atoms with van der Waals surface area (Å²) >= 11 is 5.60. The summed E-state index contributed by atoms with van der Waals surface area (Å²) in [5, 5.41) is 3.06. The SMILES string of the molecule is CC1(C)CCCC1C(=O)NCCCCCCl. The molecule has 0 spiro atoms. The highest BCUT2D eigenvalue weighted by Gasteiger charge is 2.38. The van der Waals surface area contributed by atoms with Crippen LogP contribution >= 0.6 is 11.6 Å². The fraction of sp³-hybridized carbons (Fsp3) is 0.923. The van der Waals surface area contributed by atoms with Crippen LogP contribution in [0, 0.1) is 11.3 Å². The first-order valence-electron chi connectivity index (χ1n) is 6.41. The maximum atomic E-state index is 12.0. The molecule has 2 nitrogen and oxygen atoms in total. The van der Waals surface area contributed by atoms with Crippen LogP contribution in [0.2, 0.25) is 0 Å². The van der Waals surface area contributed by atoms with E-state index in [1.165, 1.54) is 12.8 Å². The van der Waals surface area contributed by atoms with Crippen molar-refractivity contribution in [1.29, 1.82) is 0 Å². The summed E-state index contributed by atoms with van der Waals surface area (Å²) in [5.74, 6) is 1.21. The zero-order valence-corrected chi connectivity index (χ0v) is 11.3. The summed E-state index contributed by atoms with van der Waals surface area (Å²) in [6.45, 7) is 5.22. The van der Waals surface area contributed by atoms with Crippen molar-refractivity contribution in [1.82, 2.24) is 5.32 Å². The van der Waals surface area contributed by atoms with Crippen molar-refractivity contribution in [3.8, 4) is 0 Å². The predicted octanol–water partition coefficient (Wildman–Crippen LogP) is 3.34. The number of hydrogen-bond donors (Lipinski definition) is 1. The van der Waals surface area contributed by atoms with Crippen LogP contribution in [-0.4, -0.2) is 18.3 Å². The van der Waals surface area contributed by atoms with Gasteiger partial charge in [0.25, 0.3) is 0 Å². The minimum atomic E-state index is 0.195. The van der Waals surface area contributed by atoms with Crippen LogP contribution in [0.1, 0.15) is 52.4 Å². The van der Waals surface area contributed by atoms with Crippen LogP contribution < -0.4 is 5.32 Å². The van der Waals surface area contributed by atoms with Crippen molar-refractivity contribution in [2.24, 2.45) is 11.3 Å². The third kappa shape index (κ3) is 3.97. The number of rotatable bonds is 6. The second-order valence-corrected chi connectivity index (χ2v) is 5.85. The number of hydrogen-bond acceptors (Lipinski definition) is 1. The van der Waals surface area contributed by atoms with Crippen molar-refractivity contribution >= 4 is 17.5 Å². The Kier molecular flexibility index (Phi) is 5.60. The van der Waals surface area contributed by atoms with Gasteiger partial charge in [-0.3, -0.25) is 4.79 Å². The Hall–Kier alpha value is -0.240. The number of unbranched alkanes of at least 4 members (excludes halogenated alkanes) is 2. The molecule has 0 aromatic heterocycles. The summed E-state index contributed by atoms with van der Waals surface area (Å²) in [5.41, 5.74) is 0.195. The van der Waals surface area contributed by atoms with E-state index in [2.05, 4.69) is 19.2 Å². The van der Waals surface area contributed by atoms with E-state index in [9.17, 15) is 4.79 Å². The van der Waals surface area contributed by atoms with Gasteiger partial charge in [0, 0.05) is 18.3 Å². The standard InChI is InChI=1S/C13H24ClNO/c1-13(2)8-6-7-11(13)12(16)15-10-5-3-4-9-14/h11H,3-10H2,1-2H3,(H,15,16). The van der Waals surface area contributed by atoms with E-state index in [1.54, 1.807) is 0 Å². The lowest BCUT2D eigenvalue weighted by Gasteiger charge is -2.25. The smallest absolute Gasteiger partial charge is 0.223 e. The van der Waals surface area contributed by atoms with Gasteiger partial charge in [-0.15, -0.1) is 11.6 Å². The lowest BCUT2D eigenvalue weighted by Crippen LogP contribution is -2.36. The van der Waals surface area contributed by atoms with Crippen molar-refractivity contribution in [2.45, 2.75) is 52.4 Å². The lowest BCUT2D eigenvalue weighted by atomic mass is 9.81. The quantitative estimate of drug-likeness (QED) is 0.565. The number of halogens is 1. The Bertz CT molecular complexity index is 228. The number of nitrogens with one attached hydrogen (secondary N) is 1. The summed E-state index contributed by atoms with van der Waals surface area (Å²) in [6, 6.07) is 0. The van der Waals surface area contributed by atoms with Crippen molar-refractivity contribution in [3.05, 3.63) is 0 Å². The second-order valence-electron chi connectivity index (χ2n) is 5.47. The predicted molar refractivity (Wildman–Crippen MR) is 68.7 cm³/mol. The number of amides is 1. The van der Waals surface area contributed by atoms with Crippen LogP contribution in [0.5, 0.6) is 0 Å². The first-order valence-corrected chi connectivity index (χ1v) is 6.95. The Labute approximate surface area is 104 Å². The van der Waals surface area contributed by atoms with Gasteiger partial charge in [-0.1, -0.05) is 26.7 Å². The van der Waals surface area contributed by atoms with Gasteiger partial charge in [0.1, 0.15) is 0 Å². The molecule has 1 unspecified atom stereocenters. The summed E-state index contributed by atoms with van der Waals surface area (Å²) in [4.78, 5) is 12.0. The molecule has 0 aromatic carbocycles. The highest BCUT2D eigenvalue weighted by Crippen LogP contribution is 2.42. The van der Waals surface area contributed by atoms with Gasteiger partial charge in [-0.2, -0.15) is 0 Å². The zero-order chi connectivity index (χ0) is 12.0. The normalized spacial score (nSPS) is 23.3. The van der Waals surface area contributed by atoms with Crippen LogP contribution in [0.4, 0.5) is 0 Å². The molecular weight excluding hydrogens is 222 g/mol. The molecule has 0 radical (unpaired) electrons. The Morgan fingerprint density at radius 1 is 1.38 bits per heavy atom. The fourth-order valence-electron chi connectivity index (χ4n) is 2.54. The molecule has 1 saturated carbocycles. The molecule has 1 aliphatic carbocycles. The molecule has 16 heavy (non-hydrogen) atoms. The third-order valence-corrected chi connectivity index (χ3v) is 3.95. The molecule has 1 rings (SSSR count). The second kappa shape index (κ2) is 6.48. The molecular formula is C13H24ClNO. The van der Waals surface area contributed by atoms with Gasteiger partial charge < -0.3 is 5.32 Å². The van der Waals surface area contributed by atoms with Gasteiger partial charge in [0.15, 0.2) is 0 Å². The monoisotopic (exact) mass is 245 g/mol. The molecule has 94 valence electrons. The molecule has 0 saturated heterocycles. The molecule has 1 amide bonds. The third-order valence-electron chi connectivity index (χ3n) is 3.68. The number of alkyl halides is 1. The first kappa shape index (κ1) is 13.8. The van der Waals surface area contributed by atoms with Crippen molar-refractivity contribution < 1.29 is 4.79 Å². The van der Waals surface area contributed by atoms with Crippen LogP contribution in [0.25, 0.3) is 0 Å². The topological polar surface area (TPSA) is 29.1 Å². The fourth-order valence-corrected chi connectivity index (χ4v) is 2.73. The molecule has 1 N–H and O–H groups in total. The first-order chi connectivity index (χ1) is 7.58. The number of carbonyl (C=O) groups excluding carboxylic acids is 1. The summed E-state index contributed by atoms with van der Waals surface area (Å²) < 4.78 is 0. The largest absolute Gasteiger partial charge is 0.356 e. The van der Waals surface area contributed by atoms with Crippen molar-refractivity contribution in [2.75, 3.05) is 12.4 Å². The molecule has 0 aliphatic heterocycles. The molecule has 0 aromatic rings. The van der Waals surface area contributed by atoms with E-state index in [-0.39, 0.29) is 17.2 Å². The Morgan fingerprint density at radius 3 is 2.69 bits per heavy atom. The van der Waals surface area contributed by atoms with Crippen molar-refractivity contribution in [3.63, 3.8) is 0 Å². The molecule has 3 heteroatoms. The van der Waals surface area contributed by atoms with E-state index in [1.807, 2.05) is 0 Å². The van der Waals surface area contributed by atoms with E-state index in [4.69, 9.17) is 11.6 Å². The Morgan fingerprint density at radius 2 is 2.12 bits per heavy atom. The van der Waals surface area contributed by atoms with E-state index < -0.39 is 0 Å². The molecule has 1 aliphatic rings. The van der Waals surface area contributed by atoms with Crippen LogP contribution in [-0.2, 0) is 4.79 Å². The highest BCUT2D eigenvalue weighted by atomic mass is 35.5. The van der Waals surface area contributed by atoms with Gasteiger partial charge >= 0.3 is 0 Å². The maximum absolute atomic E-state index is 12.0. The van der Waals surface area contributed by atoms with Gasteiger partial charge in [0.2, 0.25) is 5.91 Å². The van der Waals surface area contributed by atoms with Gasteiger partial charge in [0.05, 0.1) is 0 Å². The van der Waals surface area contributed by atoms with E-state index >= 15 is 0 Å². The molecule has 0 bridgehead atoms. The molecule has 1 atom stereocenters. The summed E-state index contributed by atoms with van der Waals surface area (Å²) in [7, 11) is 0. The average Bonchev–Trinajstić information content (AvgIpc) is 2.57. The Balaban J connectivity index is 2.20. The van der Waals surface area contributed by atoms with Gasteiger partial charge in [-0.05, 0) is 31.1 Å². The van der Waals surface area contributed by atoms with E-state index in [0.29, 0.717) is 0 Å². The maximum Gasteiger partial charge on any atom is 0.223 e. The molecule has 1 fully saturated rings. The molecule has 0 heterocycles. The number of carbonyl (C=O) groups is 1. The zero-order valence-electron chi connectivity index (χ0n) is 10.5. The minimum Gasteiger partial charge on any atom is -0.356 e. The highest BCUT2D eigenvalue weighted by molar-refractivity contribution is 6.17. The summed E-state index contributed by atoms with van der Waals surface area (Å²) in [6.07, 6.45) is 6.63. The van der Waals surface area contributed by atoms with Crippen LogP contribution in [0.15, 0.2) is 0 Å². The van der Waals surface area contributed by atoms with Gasteiger partial charge in [-0.25, -0.2) is 0 Å². The lowest BCUT2D eigenvalue weighted by molar-refractivity contribution is -0.127. The van der Waals surface area contributed by atoms with E-state index in [0.717, 1.165) is 38.1 Å². The van der Waals surface area contributed by atoms with Crippen LogP contribution in [0.3, 0.4) is 0 Å². The average molecular weight is 246 g/mol.